The van der Waals surface area contributed by atoms with E-state index in [1.54, 1.807) is 7.11 Å². The highest BCUT2D eigenvalue weighted by atomic mass is 16.5. The van der Waals surface area contributed by atoms with Crippen molar-refractivity contribution < 1.29 is 9.53 Å². The van der Waals surface area contributed by atoms with Crippen LogP contribution in [-0.2, 0) is 4.79 Å². The molecule has 4 heteroatoms. The largest absolute Gasteiger partial charge is 0.497 e. The van der Waals surface area contributed by atoms with E-state index in [-0.39, 0.29) is 18.0 Å². The van der Waals surface area contributed by atoms with E-state index >= 15 is 0 Å². The number of methoxy groups -OCH3 is 1. The summed E-state index contributed by atoms with van der Waals surface area (Å²) >= 11 is 0. The normalized spacial score (nSPS) is 28.1. The first-order valence-corrected chi connectivity index (χ1v) is 8.38. The average molecular weight is 302 g/mol. The summed E-state index contributed by atoms with van der Waals surface area (Å²) in [5.74, 6) is 1.52. The van der Waals surface area contributed by atoms with Crippen molar-refractivity contribution in [2.24, 2.45) is 11.7 Å². The molecule has 120 valence electrons. The number of nitrogens with zero attached hydrogens (tertiary/aromatic N) is 1. The lowest BCUT2D eigenvalue weighted by Gasteiger charge is -2.27. The van der Waals surface area contributed by atoms with Crippen LogP contribution in [0.2, 0.25) is 0 Å². The molecule has 2 aliphatic rings. The maximum atomic E-state index is 12.7. The zero-order valence-corrected chi connectivity index (χ0v) is 13.3. The molecule has 22 heavy (non-hydrogen) atoms. The third-order valence-electron chi connectivity index (χ3n) is 5.23. The van der Waals surface area contributed by atoms with Crippen LogP contribution in [0.25, 0.3) is 0 Å². The molecule has 1 aliphatic carbocycles. The van der Waals surface area contributed by atoms with E-state index in [2.05, 4.69) is 17.0 Å². The van der Waals surface area contributed by atoms with E-state index in [1.165, 1.54) is 12.0 Å². The SMILES string of the molecule is COc1ccc(C2CCCN2C(=O)C[C@@H]2CCC[C@H]2N)cc1. The lowest BCUT2D eigenvalue weighted by Crippen LogP contribution is -2.35. The van der Waals surface area contributed by atoms with Gasteiger partial charge in [-0.05, 0) is 49.3 Å². The number of amides is 1. The first-order chi connectivity index (χ1) is 10.7. The second-order valence-electron chi connectivity index (χ2n) is 6.58. The summed E-state index contributed by atoms with van der Waals surface area (Å²) in [6, 6.07) is 8.54. The fourth-order valence-corrected chi connectivity index (χ4v) is 3.90. The van der Waals surface area contributed by atoms with Gasteiger partial charge in [-0.2, -0.15) is 0 Å². The molecule has 1 unspecified atom stereocenters. The number of nitrogens with two attached hydrogens (primary N) is 1. The zero-order valence-electron chi connectivity index (χ0n) is 13.3. The molecule has 3 atom stereocenters. The van der Waals surface area contributed by atoms with Crippen molar-refractivity contribution in [2.75, 3.05) is 13.7 Å². The van der Waals surface area contributed by atoms with Gasteiger partial charge in [0, 0.05) is 19.0 Å². The van der Waals surface area contributed by atoms with Crippen molar-refractivity contribution in [3.8, 4) is 5.75 Å². The Morgan fingerprint density at radius 2 is 2.00 bits per heavy atom. The molecule has 1 saturated carbocycles. The van der Waals surface area contributed by atoms with Crippen LogP contribution in [0, 0.1) is 5.92 Å². The number of benzene rings is 1. The van der Waals surface area contributed by atoms with E-state index in [0.717, 1.165) is 38.0 Å². The van der Waals surface area contributed by atoms with Crippen LogP contribution in [0.1, 0.15) is 50.1 Å². The number of ether oxygens (including phenoxy) is 1. The minimum absolute atomic E-state index is 0.214. The van der Waals surface area contributed by atoms with E-state index in [4.69, 9.17) is 10.5 Å². The molecule has 3 rings (SSSR count). The highest BCUT2D eigenvalue weighted by Gasteiger charge is 2.33. The molecule has 1 aromatic carbocycles. The third-order valence-corrected chi connectivity index (χ3v) is 5.23. The van der Waals surface area contributed by atoms with Gasteiger partial charge in [-0.1, -0.05) is 18.6 Å². The fraction of sp³-hybridized carbons (Fsp3) is 0.611. The van der Waals surface area contributed by atoms with Crippen molar-refractivity contribution in [3.63, 3.8) is 0 Å². The van der Waals surface area contributed by atoms with Crippen LogP contribution in [0.15, 0.2) is 24.3 Å². The van der Waals surface area contributed by atoms with Crippen LogP contribution in [0.4, 0.5) is 0 Å². The summed E-state index contributed by atoms with van der Waals surface area (Å²) in [6.07, 6.45) is 6.09. The molecule has 0 spiro atoms. The Hall–Kier alpha value is -1.55. The summed E-state index contributed by atoms with van der Waals surface area (Å²) in [6.45, 7) is 0.873. The highest BCUT2D eigenvalue weighted by molar-refractivity contribution is 5.77. The molecule has 0 aromatic heterocycles. The predicted molar refractivity (Wildman–Crippen MR) is 86.6 cm³/mol. The van der Waals surface area contributed by atoms with Gasteiger partial charge in [0.15, 0.2) is 0 Å². The lowest BCUT2D eigenvalue weighted by molar-refractivity contribution is -0.133. The van der Waals surface area contributed by atoms with Gasteiger partial charge >= 0.3 is 0 Å². The quantitative estimate of drug-likeness (QED) is 0.930. The first-order valence-electron chi connectivity index (χ1n) is 8.38. The van der Waals surface area contributed by atoms with Crippen molar-refractivity contribution in [3.05, 3.63) is 29.8 Å². The molecule has 0 bridgehead atoms. The van der Waals surface area contributed by atoms with Gasteiger partial charge in [-0.15, -0.1) is 0 Å². The van der Waals surface area contributed by atoms with Crippen molar-refractivity contribution in [2.45, 2.75) is 50.6 Å². The van der Waals surface area contributed by atoms with Gasteiger partial charge in [-0.3, -0.25) is 4.79 Å². The lowest BCUT2D eigenvalue weighted by atomic mass is 9.98. The Morgan fingerprint density at radius 1 is 1.23 bits per heavy atom. The Bertz CT molecular complexity index is 514. The van der Waals surface area contributed by atoms with Crippen molar-refractivity contribution >= 4 is 5.91 Å². The second kappa shape index (κ2) is 6.69. The van der Waals surface area contributed by atoms with Crippen LogP contribution in [0.5, 0.6) is 5.75 Å². The Labute approximate surface area is 132 Å². The summed E-state index contributed by atoms with van der Waals surface area (Å²) in [5.41, 5.74) is 7.33. The van der Waals surface area contributed by atoms with E-state index in [0.29, 0.717) is 12.3 Å². The van der Waals surface area contributed by atoms with Gasteiger partial charge in [0.2, 0.25) is 5.91 Å². The molecule has 1 amide bonds. The Kier molecular flexibility index (Phi) is 4.67. The molecular formula is C18H26N2O2. The summed E-state index contributed by atoms with van der Waals surface area (Å²) in [7, 11) is 1.67. The number of carbonyl (C=O) groups excluding carboxylic acids is 1. The fourth-order valence-electron chi connectivity index (χ4n) is 3.90. The van der Waals surface area contributed by atoms with E-state index in [9.17, 15) is 4.79 Å². The van der Waals surface area contributed by atoms with Crippen molar-refractivity contribution in [1.82, 2.24) is 4.90 Å². The summed E-state index contributed by atoms with van der Waals surface area (Å²) in [5, 5.41) is 0. The number of hydrogen-bond donors (Lipinski definition) is 1. The smallest absolute Gasteiger partial charge is 0.223 e. The van der Waals surface area contributed by atoms with Crippen molar-refractivity contribution in [1.29, 1.82) is 0 Å². The van der Waals surface area contributed by atoms with Gasteiger partial charge in [0.05, 0.1) is 13.2 Å². The number of rotatable bonds is 4. The molecule has 1 aromatic rings. The Balaban J connectivity index is 1.67. The van der Waals surface area contributed by atoms with Gasteiger partial charge in [-0.25, -0.2) is 0 Å². The molecule has 1 heterocycles. The van der Waals surface area contributed by atoms with Crippen LogP contribution >= 0.6 is 0 Å². The number of carbonyl (C=O) groups is 1. The molecule has 4 nitrogen and oxygen atoms in total. The topological polar surface area (TPSA) is 55.6 Å². The maximum absolute atomic E-state index is 12.7. The molecule has 2 fully saturated rings. The highest BCUT2D eigenvalue weighted by Crippen LogP contribution is 2.35. The van der Waals surface area contributed by atoms with Gasteiger partial charge in [0.25, 0.3) is 0 Å². The summed E-state index contributed by atoms with van der Waals surface area (Å²) < 4.78 is 5.21. The summed E-state index contributed by atoms with van der Waals surface area (Å²) in [4.78, 5) is 14.8. The average Bonchev–Trinajstić information content (AvgIpc) is 3.17. The molecule has 1 aliphatic heterocycles. The zero-order chi connectivity index (χ0) is 15.5. The molecular weight excluding hydrogens is 276 g/mol. The molecule has 2 N–H and O–H groups in total. The van der Waals surface area contributed by atoms with Crippen LogP contribution < -0.4 is 10.5 Å². The third kappa shape index (κ3) is 3.12. The standard InChI is InChI=1S/C18H26N2O2/c1-22-15-9-7-13(8-10-15)17-6-3-11-20(17)18(21)12-14-4-2-5-16(14)19/h7-10,14,16-17H,2-6,11-12,19H2,1H3/t14-,16+,17?/m0/s1. The minimum atomic E-state index is 0.214. The monoisotopic (exact) mass is 302 g/mol. The molecule has 1 saturated heterocycles. The van der Waals surface area contributed by atoms with Crippen LogP contribution in [0.3, 0.4) is 0 Å². The van der Waals surface area contributed by atoms with Gasteiger partial charge < -0.3 is 15.4 Å². The molecule has 0 radical (unpaired) electrons. The second-order valence-corrected chi connectivity index (χ2v) is 6.58. The number of likely N-dealkylation sites (tertiary alicyclic amines) is 1. The first kappa shape index (κ1) is 15.3. The minimum Gasteiger partial charge on any atom is -0.497 e. The predicted octanol–water partition coefficient (Wildman–Crippen LogP) is 2.88. The number of hydrogen-bond acceptors (Lipinski definition) is 3. The maximum Gasteiger partial charge on any atom is 0.223 e. The van der Waals surface area contributed by atoms with Gasteiger partial charge in [0.1, 0.15) is 5.75 Å². The van der Waals surface area contributed by atoms with E-state index in [1.807, 2.05) is 12.1 Å². The van der Waals surface area contributed by atoms with E-state index < -0.39 is 0 Å². The van der Waals surface area contributed by atoms with Crippen LogP contribution in [-0.4, -0.2) is 30.5 Å². The Morgan fingerprint density at radius 3 is 2.64 bits per heavy atom.